The number of rotatable bonds is 7. The van der Waals surface area contributed by atoms with Crippen molar-refractivity contribution in [2.24, 2.45) is 0 Å². The number of alkyl halides is 3. The van der Waals surface area contributed by atoms with Gasteiger partial charge in [-0.05, 0) is 24.3 Å². The topological polar surface area (TPSA) is 56.2 Å². The molecule has 5 nitrogen and oxygen atoms in total. The second kappa shape index (κ2) is 9.44. The summed E-state index contributed by atoms with van der Waals surface area (Å²) in [5.41, 5.74) is -0.0308. The Morgan fingerprint density at radius 1 is 1.27 bits per heavy atom. The van der Waals surface area contributed by atoms with Crippen LogP contribution < -0.4 is 10.1 Å². The molecule has 158 valence electrons. The summed E-state index contributed by atoms with van der Waals surface area (Å²) in [4.78, 5) is 16.5. The van der Waals surface area contributed by atoms with Gasteiger partial charge < -0.3 is 14.6 Å². The third-order valence-corrected chi connectivity index (χ3v) is 5.44. The molecule has 3 rings (SSSR count). The van der Waals surface area contributed by atoms with Gasteiger partial charge in [0.15, 0.2) is 5.16 Å². The van der Waals surface area contributed by atoms with Crippen molar-refractivity contribution in [2.45, 2.75) is 17.9 Å². The maximum absolute atomic E-state index is 12.9. The monoisotopic (exact) mass is 455 g/mol. The predicted octanol–water partition coefficient (Wildman–Crippen LogP) is 5.34. The fourth-order valence-electron chi connectivity index (χ4n) is 2.69. The molecule has 0 saturated heterocycles. The molecule has 1 aromatic heterocycles. The molecule has 3 aromatic rings. The highest BCUT2D eigenvalue weighted by molar-refractivity contribution is 7.99. The summed E-state index contributed by atoms with van der Waals surface area (Å²) >= 11 is 7.08. The summed E-state index contributed by atoms with van der Waals surface area (Å²) in [6.07, 6.45) is -1.14. The number of nitrogens with one attached hydrogen (secondary N) is 1. The SMILES string of the molecule is COc1ccccc1Cn1ccnc1SCC(=O)Nc1cc(C(F)(F)F)ccc1Cl. The van der Waals surface area contributed by atoms with Gasteiger partial charge in [0, 0.05) is 18.0 Å². The minimum atomic E-state index is -4.53. The van der Waals surface area contributed by atoms with Crippen LogP contribution in [0.5, 0.6) is 5.75 Å². The quantitative estimate of drug-likeness (QED) is 0.488. The second-order valence-corrected chi connectivity index (χ2v) is 7.53. The maximum atomic E-state index is 12.9. The third kappa shape index (κ3) is 5.48. The summed E-state index contributed by atoms with van der Waals surface area (Å²) in [5.74, 6) is 0.197. The van der Waals surface area contributed by atoms with Gasteiger partial charge in [-0.15, -0.1) is 0 Å². The first-order valence-corrected chi connectivity index (χ1v) is 10.1. The first-order chi connectivity index (χ1) is 14.3. The van der Waals surface area contributed by atoms with Crippen LogP contribution in [0.25, 0.3) is 0 Å². The Labute approximate surface area is 180 Å². The number of benzene rings is 2. The van der Waals surface area contributed by atoms with Gasteiger partial charge in [0.1, 0.15) is 5.75 Å². The summed E-state index contributed by atoms with van der Waals surface area (Å²) in [7, 11) is 1.59. The number of carbonyl (C=O) groups is 1. The number of para-hydroxylation sites is 1. The zero-order valence-corrected chi connectivity index (χ0v) is 17.3. The third-order valence-electron chi connectivity index (χ3n) is 4.11. The minimum absolute atomic E-state index is 0.0269. The number of thioether (sulfide) groups is 1. The molecule has 0 fully saturated rings. The standard InChI is InChI=1S/C20H17ClF3N3O2S/c1-29-17-5-3-2-4-13(17)11-27-9-8-25-19(27)30-12-18(28)26-16-10-14(20(22,23)24)6-7-15(16)21/h2-10H,11-12H2,1H3,(H,26,28). The zero-order chi connectivity index (χ0) is 21.7. The van der Waals surface area contributed by atoms with Crippen LogP contribution in [-0.2, 0) is 17.5 Å². The van der Waals surface area contributed by atoms with E-state index >= 15 is 0 Å². The molecule has 1 amide bonds. The Balaban J connectivity index is 1.65. The molecule has 1 heterocycles. The fraction of sp³-hybridized carbons (Fsp3) is 0.200. The highest BCUT2D eigenvalue weighted by atomic mass is 35.5. The van der Waals surface area contributed by atoms with Crippen molar-refractivity contribution in [3.05, 3.63) is 71.0 Å². The number of amides is 1. The van der Waals surface area contributed by atoms with E-state index in [-0.39, 0.29) is 16.5 Å². The van der Waals surface area contributed by atoms with Crippen molar-refractivity contribution in [3.8, 4) is 5.75 Å². The predicted molar refractivity (Wildman–Crippen MR) is 110 cm³/mol. The van der Waals surface area contributed by atoms with E-state index in [9.17, 15) is 18.0 Å². The van der Waals surface area contributed by atoms with Gasteiger partial charge >= 0.3 is 6.18 Å². The first kappa shape index (κ1) is 22.0. The molecule has 0 aliphatic heterocycles. The molecule has 0 saturated carbocycles. The molecule has 2 aromatic carbocycles. The Hall–Kier alpha value is -2.65. The zero-order valence-electron chi connectivity index (χ0n) is 15.7. The van der Waals surface area contributed by atoms with Crippen LogP contribution >= 0.6 is 23.4 Å². The molecule has 0 radical (unpaired) electrons. The number of nitrogens with zero attached hydrogens (tertiary/aromatic N) is 2. The van der Waals surface area contributed by atoms with Gasteiger partial charge in [0.25, 0.3) is 0 Å². The molecule has 0 bridgehead atoms. The summed E-state index contributed by atoms with van der Waals surface area (Å²) < 4.78 is 45.8. The van der Waals surface area contributed by atoms with Crippen LogP contribution in [0.2, 0.25) is 5.02 Å². The average molecular weight is 456 g/mol. The lowest BCUT2D eigenvalue weighted by molar-refractivity contribution is -0.137. The second-order valence-electron chi connectivity index (χ2n) is 6.18. The van der Waals surface area contributed by atoms with E-state index in [1.807, 2.05) is 28.8 Å². The molecule has 30 heavy (non-hydrogen) atoms. The number of anilines is 1. The van der Waals surface area contributed by atoms with E-state index in [1.165, 1.54) is 0 Å². The van der Waals surface area contributed by atoms with Crippen molar-refractivity contribution in [1.29, 1.82) is 0 Å². The van der Waals surface area contributed by atoms with E-state index in [4.69, 9.17) is 16.3 Å². The van der Waals surface area contributed by atoms with Crippen molar-refractivity contribution in [3.63, 3.8) is 0 Å². The van der Waals surface area contributed by atoms with Crippen LogP contribution in [0.3, 0.4) is 0 Å². The van der Waals surface area contributed by atoms with Crippen LogP contribution in [0, 0.1) is 0 Å². The normalized spacial score (nSPS) is 11.4. The van der Waals surface area contributed by atoms with E-state index in [1.54, 1.807) is 19.5 Å². The first-order valence-electron chi connectivity index (χ1n) is 8.70. The minimum Gasteiger partial charge on any atom is -0.496 e. The summed E-state index contributed by atoms with van der Waals surface area (Å²) in [5, 5.41) is 3.04. The van der Waals surface area contributed by atoms with Crippen LogP contribution in [0.15, 0.2) is 60.0 Å². The highest BCUT2D eigenvalue weighted by Gasteiger charge is 2.31. The number of hydrogen-bond acceptors (Lipinski definition) is 4. The average Bonchev–Trinajstić information content (AvgIpc) is 3.14. The van der Waals surface area contributed by atoms with Gasteiger partial charge in [-0.25, -0.2) is 4.98 Å². The molecule has 0 aliphatic carbocycles. The molecular weight excluding hydrogens is 439 g/mol. The van der Waals surface area contributed by atoms with Crippen molar-refractivity contribution in [2.75, 3.05) is 18.2 Å². The number of ether oxygens (including phenoxy) is 1. The van der Waals surface area contributed by atoms with E-state index in [0.29, 0.717) is 11.7 Å². The number of methoxy groups -OCH3 is 1. The smallest absolute Gasteiger partial charge is 0.416 e. The van der Waals surface area contributed by atoms with E-state index in [2.05, 4.69) is 10.3 Å². The molecule has 10 heteroatoms. The Morgan fingerprint density at radius 3 is 2.77 bits per heavy atom. The van der Waals surface area contributed by atoms with Gasteiger partial charge in [0.05, 0.1) is 35.7 Å². The summed E-state index contributed by atoms with van der Waals surface area (Å²) in [6, 6.07) is 10.3. The number of carbonyl (C=O) groups excluding carboxylic acids is 1. The summed E-state index contributed by atoms with van der Waals surface area (Å²) in [6.45, 7) is 0.493. The Bertz CT molecular complexity index is 1040. The van der Waals surface area contributed by atoms with E-state index in [0.717, 1.165) is 41.3 Å². The van der Waals surface area contributed by atoms with Crippen LogP contribution in [-0.4, -0.2) is 28.3 Å². The van der Waals surface area contributed by atoms with E-state index < -0.39 is 17.6 Å². The fourth-order valence-corrected chi connectivity index (χ4v) is 3.61. The Kier molecular flexibility index (Phi) is 6.94. The Morgan fingerprint density at radius 2 is 2.03 bits per heavy atom. The van der Waals surface area contributed by atoms with Crippen molar-refractivity contribution < 1.29 is 22.7 Å². The van der Waals surface area contributed by atoms with Crippen molar-refractivity contribution in [1.82, 2.24) is 9.55 Å². The maximum Gasteiger partial charge on any atom is 0.416 e. The van der Waals surface area contributed by atoms with Gasteiger partial charge in [-0.1, -0.05) is 41.6 Å². The number of aromatic nitrogens is 2. The number of imidazole rings is 1. The lowest BCUT2D eigenvalue weighted by atomic mass is 10.2. The van der Waals surface area contributed by atoms with Gasteiger partial charge in [-0.2, -0.15) is 13.2 Å². The molecule has 0 spiro atoms. The van der Waals surface area contributed by atoms with Gasteiger partial charge in [0.2, 0.25) is 5.91 Å². The molecular formula is C20H17ClF3N3O2S. The number of hydrogen-bond donors (Lipinski definition) is 1. The van der Waals surface area contributed by atoms with Gasteiger partial charge in [-0.3, -0.25) is 4.79 Å². The lowest BCUT2D eigenvalue weighted by Crippen LogP contribution is -2.16. The molecule has 0 unspecified atom stereocenters. The molecule has 1 N–H and O–H groups in total. The number of halogens is 4. The van der Waals surface area contributed by atoms with Crippen LogP contribution in [0.4, 0.5) is 18.9 Å². The molecule has 0 aliphatic rings. The largest absolute Gasteiger partial charge is 0.496 e. The lowest BCUT2D eigenvalue weighted by Gasteiger charge is -2.12. The van der Waals surface area contributed by atoms with Crippen molar-refractivity contribution >= 4 is 35.0 Å². The molecule has 0 atom stereocenters. The van der Waals surface area contributed by atoms with Crippen LogP contribution in [0.1, 0.15) is 11.1 Å². The highest BCUT2D eigenvalue weighted by Crippen LogP contribution is 2.34.